The molecule has 0 fully saturated rings. The highest BCUT2D eigenvalue weighted by Crippen LogP contribution is 2.28. The number of aromatic nitrogens is 3. The van der Waals surface area contributed by atoms with Gasteiger partial charge in [0.05, 0.1) is 4.34 Å². The zero-order chi connectivity index (χ0) is 12.3. The van der Waals surface area contributed by atoms with E-state index in [0.29, 0.717) is 0 Å². The Hall–Kier alpha value is -0.910. The predicted octanol–water partition coefficient (Wildman–Crippen LogP) is 2.52. The van der Waals surface area contributed by atoms with Crippen molar-refractivity contribution in [3.8, 4) is 0 Å². The van der Waals surface area contributed by atoms with Crippen LogP contribution in [0, 0.1) is 0 Å². The molecule has 0 bridgehead atoms. The van der Waals surface area contributed by atoms with Gasteiger partial charge >= 0.3 is 0 Å². The van der Waals surface area contributed by atoms with E-state index in [-0.39, 0.29) is 6.04 Å². The van der Waals surface area contributed by atoms with Crippen molar-refractivity contribution in [2.45, 2.75) is 25.9 Å². The number of thiophene rings is 1. The van der Waals surface area contributed by atoms with Crippen molar-refractivity contribution in [1.29, 1.82) is 0 Å². The lowest BCUT2D eigenvalue weighted by molar-refractivity contribution is 0.539. The van der Waals surface area contributed by atoms with E-state index in [1.54, 1.807) is 17.7 Å². The molecular weight excluding hydrogens is 256 g/mol. The van der Waals surface area contributed by atoms with E-state index < -0.39 is 0 Å². The molecule has 17 heavy (non-hydrogen) atoms. The minimum Gasteiger partial charge on any atom is -0.312 e. The minimum atomic E-state index is 0.238. The number of nitrogens with one attached hydrogen (secondary N) is 1. The molecule has 0 aromatic carbocycles. The summed E-state index contributed by atoms with van der Waals surface area (Å²) >= 11 is 7.56. The Bertz CT molecular complexity index is 479. The van der Waals surface area contributed by atoms with Crippen LogP contribution in [-0.4, -0.2) is 21.8 Å². The van der Waals surface area contributed by atoms with Crippen molar-refractivity contribution in [3.05, 3.63) is 33.5 Å². The Kier molecular flexibility index (Phi) is 4.15. The van der Waals surface area contributed by atoms with Crippen molar-refractivity contribution >= 4 is 22.9 Å². The van der Waals surface area contributed by atoms with E-state index in [1.807, 2.05) is 17.8 Å². The van der Waals surface area contributed by atoms with Crippen LogP contribution in [0.3, 0.4) is 0 Å². The summed E-state index contributed by atoms with van der Waals surface area (Å²) in [6.07, 6.45) is 2.42. The lowest BCUT2D eigenvalue weighted by Gasteiger charge is -2.14. The second-order valence-corrected chi connectivity index (χ2v) is 5.43. The fourth-order valence-corrected chi connectivity index (χ4v) is 2.92. The molecule has 2 heterocycles. The van der Waals surface area contributed by atoms with Crippen LogP contribution in [0.15, 0.2) is 18.5 Å². The molecule has 0 aliphatic heterocycles. The summed E-state index contributed by atoms with van der Waals surface area (Å²) in [7, 11) is 1.95. The average molecular weight is 271 g/mol. The third kappa shape index (κ3) is 2.86. The largest absolute Gasteiger partial charge is 0.312 e. The molecule has 4 nitrogen and oxygen atoms in total. The second kappa shape index (κ2) is 5.62. The van der Waals surface area contributed by atoms with Gasteiger partial charge in [-0.15, -0.1) is 11.3 Å². The van der Waals surface area contributed by atoms with Crippen LogP contribution in [0.4, 0.5) is 0 Å². The monoisotopic (exact) mass is 270 g/mol. The van der Waals surface area contributed by atoms with Crippen molar-refractivity contribution in [2.75, 3.05) is 7.05 Å². The molecule has 0 radical (unpaired) electrons. The van der Waals surface area contributed by atoms with Gasteiger partial charge in [0.2, 0.25) is 0 Å². The maximum atomic E-state index is 5.96. The van der Waals surface area contributed by atoms with Gasteiger partial charge < -0.3 is 5.32 Å². The fourth-order valence-electron chi connectivity index (χ4n) is 1.75. The number of halogens is 1. The number of aryl methyl sites for hydroxylation is 1. The highest BCUT2D eigenvalue weighted by atomic mass is 35.5. The third-order valence-electron chi connectivity index (χ3n) is 2.67. The lowest BCUT2D eigenvalue weighted by atomic mass is 10.1. The molecule has 0 spiro atoms. The zero-order valence-corrected chi connectivity index (χ0v) is 11.4. The van der Waals surface area contributed by atoms with Crippen LogP contribution in [0.5, 0.6) is 0 Å². The summed E-state index contributed by atoms with van der Waals surface area (Å²) in [6, 6.07) is 4.22. The van der Waals surface area contributed by atoms with E-state index in [0.717, 1.165) is 23.1 Å². The van der Waals surface area contributed by atoms with E-state index in [9.17, 15) is 0 Å². The first-order valence-corrected chi connectivity index (χ1v) is 6.73. The second-order valence-electron chi connectivity index (χ2n) is 3.68. The number of nitrogens with zero attached hydrogens (tertiary/aromatic N) is 3. The lowest BCUT2D eigenvalue weighted by Crippen LogP contribution is -2.20. The van der Waals surface area contributed by atoms with Gasteiger partial charge in [-0.3, -0.25) is 4.68 Å². The SMILES string of the molecule is CCn1ncnc1CC(NC)c1ccc(Cl)s1. The minimum absolute atomic E-state index is 0.238. The summed E-state index contributed by atoms with van der Waals surface area (Å²) in [4.78, 5) is 5.52. The van der Waals surface area contributed by atoms with Crippen LogP contribution in [0.2, 0.25) is 4.34 Å². The molecule has 1 N–H and O–H groups in total. The summed E-state index contributed by atoms with van der Waals surface area (Å²) < 4.78 is 2.73. The topological polar surface area (TPSA) is 42.7 Å². The van der Waals surface area contributed by atoms with Crippen molar-refractivity contribution in [3.63, 3.8) is 0 Å². The predicted molar refractivity (Wildman–Crippen MR) is 70.5 cm³/mol. The van der Waals surface area contributed by atoms with Gasteiger partial charge in [-0.25, -0.2) is 4.98 Å². The van der Waals surface area contributed by atoms with Crippen LogP contribution < -0.4 is 5.32 Å². The summed E-state index contributed by atoms with van der Waals surface area (Å²) in [6.45, 7) is 2.91. The molecule has 2 rings (SSSR count). The van der Waals surface area contributed by atoms with Crippen LogP contribution >= 0.6 is 22.9 Å². The van der Waals surface area contributed by atoms with E-state index in [4.69, 9.17) is 11.6 Å². The zero-order valence-electron chi connectivity index (χ0n) is 9.85. The molecule has 0 amide bonds. The Morgan fingerprint density at radius 3 is 2.94 bits per heavy atom. The molecule has 0 saturated heterocycles. The molecule has 6 heteroatoms. The molecule has 2 aromatic heterocycles. The molecule has 2 aromatic rings. The summed E-state index contributed by atoms with van der Waals surface area (Å²) in [5.74, 6) is 0.997. The van der Waals surface area contributed by atoms with Gasteiger partial charge in [-0.2, -0.15) is 5.10 Å². The maximum absolute atomic E-state index is 5.96. The molecule has 1 atom stereocenters. The van der Waals surface area contributed by atoms with Crippen molar-refractivity contribution < 1.29 is 0 Å². The number of hydrogen-bond donors (Lipinski definition) is 1. The number of likely N-dealkylation sites (N-methyl/N-ethyl adjacent to an activating group) is 1. The first-order valence-electron chi connectivity index (χ1n) is 5.53. The fraction of sp³-hybridized carbons (Fsp3) is 0.455. The third-order valence-corrected chi connectivity index (χ3v) is 4.01. The van der Waals surface area contributed by atoms with Crippen LogP contribution in [-0.2, 0) is 13.0 Å². The molecule has 92 valence electrons. The first kappa shape index (κ1) is 12.5. The Balaban J connectivity index is 2.15. The van der Waals surface area contributed by atoms with Gasteiger partial charge in [0.15, 0.2) is 0 Å². The van der Waals surface area contributed by atoms with E-state index >= 15 is 0 Å². The standard InChI is InChI=1S/C11H15ClN4S/c1-3-16-11(14-7-15-16)6-8(13-2)9-4-5-10(12)17-9/h4-5,7-8,13H,3,6H2,1-2H3. The quantitative estimate of drug-likeness (QED) is 0.908. The van der Waals surface area contributed by atoms with Gasteiger partial charge in [0, 0.05) is 23.9 Å². The van der Waals surface area contributed by atoms with Gasteiger partial charge in [-0.05, 0) is 26.1 Å². The first-order chi connectivity index (χ1) is 8.24. The number of hydrogen-bond acceptors (Lipinski definition) is 4. The summed E-state index contributed by atoms with van der Waals surface area (Å²) in [5, 5.41) is 7.47. The van der Waals surface area contributed by atoms with Crippen LogP contribution in [0.1, 0.15) is 23.7 Å². The maximum Gasteiger partial charge on any atom is 0.138 e. The van der Waals surface area contributed by atoms with Gasteiger partial charge in [-0.1, -0.05) is 11.6 Å². The van der Waals surface area contributed by atoms with E-state index in [1.165, 1.54) is 4.88 Å². The number of rotatable bonds is 5. The Morgan fingerprint density at radius 2 is 2.35 bits per heavy atom. The van der Waals surface area contributed by atoms with E-state index in [2.05, 4.69) is 28.4 Å². The normalized spacial score (nSPS) is 12.9. The highest BCUT2D eigenvalue weighted by molar-refractivity contribution is 7.16. The average Bonchev–Trinajstić information content (AvgIpc) is 2.94. The van der Waals surface area contributed by atoms with Crippen molar-refractivity contribution in [1.82, 2.24) is 20.1 Å². The highest BCUT2D eigenvalue weighted by Gasteiger charge is 2.15. The van der Waals surface area contributed by atoms with Crippen LogP contribution in [0.25, 0.3) is 0 Å². The van der Waals surface area contributed by atoms with Crippen molar-refractivity contribution in [2.24, 2.45) is 0 Å². The van der Waals surface area contributed by atoms with Gasteiger partial charge in [0.25, 0.3) is 0 Å². The van der Waals surface area contributed by atoms with Gasteiger partial charge in [0.1, 0.15) is 12.2 Å². The molecule has 0 saturated carbocycles. The molecule has 0 aliphatic rings. The Morgan fingerprint density at radius 1 is 1.53 bits per heavy atom. The smallest absolute Gasteiger partial charge is 0.138 e. The molecule has 1 unspecified atom stereocenters. The Labute approximate surface area is 110 Å². The molecule has 0 aliphatic carbocycles. The molecular formula is C11H15ClN4S. The summed E-state index contributed by atoms with van der Waals surface area (Å²) in [5.41, 5.74) is 0.